The zero-order valence-electron chi connectivity index (χ0n) is 10.5. The minimum Gasteiger partial charge on any atom is -0.497 e. The van der Waals surface area contributed by atoms with Crippen LogP contribution >= 0.6 is 11.3 Å². The number of nitrogens with one attached hydrogen (secondary N) is 1. The second-order valence-corrected chi connectivity index (χ2v) is 5.20. The van der Waals surface area contributed by atoms with Crippen LogP contribution in [0.15, 0.2) is 47.8 Å². The highest BCUT2D eigenvalue weighted by Crippen LogP contribution is 2.29. The van der Waals surface area contributed by atoms with Gasteiger partial charge in [-0.25, -0.2) is 0 Å². The summed E-state index contributed by atoms with van der Waals surface area (Å²) in [4.78, 5) is 0. The highest BCUT2D eigenvalue weighted by Gasteiger charge is 2.03. The summed E-state index contributed by atoms with van der Waals surface area (Å²) in [6.07, 6.45) is 0. The molecule has 3 aromatic rings. The number of fused-ring (bicyclic) bond motifs is 1. The van der Waals surface area contributed by atoms with Crippen molar-refractivity contribution < 1.29 is 4.74 Å². The lowest BCUT2D eigenvalue weighted by Gasteiger charge is -2.10. The number of nitrogen functional groups attached to an aromatic ring is 1. The Bertz CT molecular complexity index is 721. The first-order chi connectivity index (χ1) is 9.26. The van der Waals surface area contributed by atoms with E-state index in [0.29, 0.717) is 5.69 Å². The zero-order chi connectivity index (χ0) is 13.2. The zero-order valence-corrected chi connectivity index (χ0v) is 11.3. The molecular formula is C15H14N2OS. The van der Waals surface area contributed by atoms with Gasteiger partial charge < -0.3 is 15.8 Å². The van der Waals surface area contributed by atoms with Gasteiger partial charge in [0, 0.05) is 16.5 Å². The van der Waals surface area contributed by atoms with E-state index in [1.165, 1.54) is 10.1 Å². The van der Waals surface area contributed by atoms with Crippen molar-refractivity contribution in [3.8, 4) is 5.75 Å². The number of methoxy groups -OCH3 is 1. The number of benzene rings is 2. The Morgan fingerprint density at radius 3 is 2.79 bits per heavy atom. The van der Waals surface area contributed by atoms with Crippen molar-refractivity contribution in [2.24, 2.45) is 0 Å². The predicted octanol–water partition coefficient (Wildman–Crippen LogP) is 4.24. The Balaban J connectivity index is 1.91. The number of thiophene rings is 1. The van der Waals surface area contributed by atoms with E-state index < -0.39 is 0 Å². The van der Waals surface area contributed by atoms with Crippen LogP contribution in [0.3, 0.4) is 0 Å². The molecule has 0 saturated carbocycles. The Morgan fingerprint density at radius 2 is 2.00 bits per heavy atom. The molecule has 0 unspecified atom stereocenters. The molecule has 3 nitrogen and oxygen atoms in total. The Labute approximate surface area is 115 Å². The minimum atomic E-state index is 0.671. The van der Waals surface area contributed by atoms with Gasteiger partial charge in [0.15, 0.2) is 0 Å². The molecule has 0 spiro atoms. The molecule has 0 aliphatic carbocycles. The van der Waals surface area contributed by atoms with Crippen LogP contribution in [0.25, 0.3) is 10.1 Å². The van der Waals surface area contributed by atoms with Gasteiger partial charge in [0.25, 0.3) is 0 Å². The average molecular weight is 270 g/mol. The second-order valence-electron chi connectivity index (χ2n) is 4.25. The Morgan fingerprint density at radius 1 is 1.11 bits per heavy atom. The first kappa shape index (κ1) is 11.9. The van der Waals surface area contributed by atoms with Gasteiger partial charge >= 0.3 is 0 Å². The quantitative estimate of drug-likeness (QED) is 0.700. The number of rotatable bonds is 3. The summed E-state index contributed by atoms with van der Waals surface area (Å²) in [5.41, 5.74) is 8.58. The number of anilines is 3. The molecule has 0 aliphatic rings. The van der Waals surface area contributed by atoms with Crippen molar-refractivity contribution >= 4 is 38.5 Å². The van der Waals surface area contributed by atoms with Gasteiger partial charge in [-0.15, -0.1) is 11.3 Å². The van der Waals surface area contributed by atoms with E-state index in [9.17, 15) is 0 Å². The van der Waals surface area contributed by atoms with Crippen LogP contribution in [0.5, 0.6) is 5.75 Å². The van der Waals surface area contributed by atoms with Crippen LogP contribution in [-0.2, 0) is 0 Å². The summed E-state index contributed by atoms with van der Waals surface area (Å²) in [5, 5.41) is 6.66. The highest BCUT2D eigenvalue weighted by atomic mass is 32.1. The van der Waals surface area contributed by atoms with Crippen molar-refractivity contribution in [1.29, 1.82) is 0 Å². The number of hydrogen-bond donors (Lipinski definition) is 2. The summed E-state index contributed by atoms with van der Waals surface area (Å²) >= 11 is 1.74. The van der Waals surface area contributed by atoms with Crippen LogP contribution < -0.4 is 15.8 Å². The third kappa shape index (κ3) is 2.35. The molecule has 96 valence electrons. The molecule has 19 heavy (non-hydrogen) atoms. The standard InChI is InChI=1S/C15H14N2OS/c1-18-12-3-4-14(13(16)9-12)17-11-2-5-15-10(8-11)6-7-19-15/h2-9,17H,16H2,1H3. The largest absolute Gasteiger partial charge is 0.497 e. The first-order valence-electron chi connectivity index (χ1n) is 5.94. The average Bonchev–Trinajstić information content (AvgIpc) is 2.88. The van der Waals surface area contributed by atoms with Crippen molar-refractivity contribution in [3.05, 3.63) is 47.8 Å². The van der Waals surface area contributed by atoms with Gasteiger partial charge in [-0.05, 0) is 47.2 Å². The van der Waals surface area contributed by atoms with E-state index in [2.05, 4.69) is 35.0 Å². The molecule has 4 heteroatoms. The van der Waals surface area contributed by atoms with E-state index >= 15 is 0 Å². The molecule has 0 saturated heterocycles. The first-order valence-corrected chi connectivity index (χ1v) is 6.82. The maximum Gasteiger partial charge on any atom is 0.121 e. The molecule has 2 aromatic carbocycles. The van der Waals surface area contributed by atoms with Crippen LogP contribution in [0.4, 0.5) is 17.1 Å². The molecule has 0 amide bonds. The van der Waals surface area contributed by atoms with E-state index in [1.807, 2.05) is 18.2 Å². The van der Waals surface area contributed by atoms with Crippen LogP contribution in [0, 0.1) is 0 Å². The summed E-state index contributed by atoms with van der Waals surface area (Å²) in [6, 6.07) is 14.0. The summed E-state index contributed by atoms with van der Waals surface area (Å²) in [6.45, 7) is 0. The molecule has 0 atom stereocenters. The maximum atomic E-state index is 6.00. The molecule has 0 fully saturated rings. The molecule has 3 rings (SSSR count). The molecular weight excluding hydrogens is 256 g/mol. The topological polar surface area (TPSA) is 47.3 Å². The molecule has 3 N–H and O–H groups in total. The van der Waals surface area contributed by atoms with E-state index in [4.69, 9.17) is 10.5 Å². The van der Waals surface area contributed by atoms with E-state index in [0.717, 1.165) is 17.1 Å². The van der Waals surface area contributed by atoms with E-state index in [-0.39, 0.29) is 0 Å². The number of hydrogen-bond acceptors (Lipinski definition) is 4. The third-order valence-corrected chi connectivity index (χ3v) is 3.89. The fourth-order valence-corrected chi connectivity index (χ4v) is 2.75. The normalized spacial score (nSPS) is 10.6. The van der Waals surface area contributed by atoms with E-state index in [1.54, 1.807) is 18.4 Å². The van der Waals surface area contributed by atoms with Crippen LogP contribution in [0.1, 0.15) is 0 Å². The summed E-state index contributed by atoms with van der Waals surface area (Å²) in [5.74, 6) is 0.760. The van der Waals surface area contributed by atoms with Crippen LogP contribution in [-0.4, -0.2) is 7.11 Å². The second kappa shape index (κ2) is 4.82. The summed E-state index contributed by atoms with van der Waals surface area (Å²) < 4.78 is 6.43. The van der Waals surface area contributed by atoms with Gasteiger partial charge in [-0.1, -0.05) is 0 Å². The Hall–Kier alpha value is -2.20. The third-order valence-electron chi connectivity index (χ3n) is 2.99. The molecule has 1 aromatic heterocycles. The Kier molecular flexibility index (Phi) is 3.01. The van der Waals surface area contributed by atoms with Crippen molar-refractivity contribution in [2.45, 2.75) is 0 Å². The van der Waals surface area contributed by atoms with Crippen molar-refractivity contribution in [2.75, 3.05) is 18.2 Å². The van der Waals surface area contributed by atoms with Gasteiger partial charge in [0.1, 0.15) is 5.75 Å². The van der Waals surface area contributed by atoms with Gasteiger partial charge in [0.05, 0.1) is 18.5 Å². The lowest BCUT2D eigenvalue weighted by atomic mass is 10.2. The fraction of sp³-hybridized carbons (Fsp3) is 0.0667. The molecule has 0 radical (unpaired) electrons. The predicted molar refractivity (Wildman–Crippen MR) is 82.5 cm³/mol. The molecule has 0 aliphatic heterocycles. The van der Waals surface area contributed by atoms with Gasteiger partial charge in [-0.3, -0.25) is 0 Å². The monoisotopic (exact) mass is 270 g/mol. The van der Waals surface area contributed by atoms with Crippen molar-refractivity contribution in [1.82, 2.24) is 0 Å². The smallest absolute Gasteiger partial charge is 0.121 e. The van der Waals surface area contributed by atoms with Gasteiger partial charge in [-0.2, -0.15) is 0 Å². The molecule has 1 heterocycles. The summed E-state index contributed by atoms with van der Waals surface area (Å²) in [7, 11) is 1.63. The van der Waals surface area contributed by atoms with Crippen LogP contribution in [0.2, 0.25) is 0 Å². The highest BCUT2D eigenvalue weighted by molar-refractivity contribution is 7.17. The fourth-order valence-electron chi connectivity index (χ4n) is 1.98. The molecule has 0 bridgehead atoms. The lowest BCUT2D eigenvalue weighted by molar-refractivity contribution is 0.415. The number of ether oxygens (including phenoxy) is 1. The number of nitrogens with two attached hydrogens (primary N) is 1. The minimum absolute atomic E-state index is 0.671. The van der Waals surface area contributed by atoms with Crippen molar-refractivity contribution in [3.63, 3.8) is 0 Å². The maximum absolute atomic E-state index is 6.00. The SMILES string of the molecule is COc1ccc(Nc2ccc3sccc3c2)c(N)c1. The lowest BCUT2D eigenvalue weighted by Crippen LogP contribution is -1.96. The van der Waals surface area contributed by atoms with Gasteiger partial charge in [0.2, 0.25) is 0 Å².